The van der Waals surface area contributed by atoms with Gasteiger partial charge in [0.25, 0.3) is 5.91 Å². The van der Waals surface area contributed by atoms with Crippen LogP contribution in [0.25, 0.3) is 33.3 Å². The number of aromatic nitrogens is 1. The molecule has 1 N–H and O–H groups in total. The fourth-order valence-corrected chi connectivity index (χ4v) is 4.22. The Kier molecular flexibility index (Phi) is 7.45. The number of hydrogen-bond donors (Lipinski definition) is 1. The van der Waals surface area contributed by atoms with Crippen LogP contribution in [0.2, 0.25) is 10.0 Å². The average molecular weight is 526 g/mol. The summed E-state index contributed by atoms with van der Waals surface area (Å²) in [5.74, 6) is 0.180. The van der Waals surface area contributed by atoms with E-state index in [9.17, 15) is 4.79 Å². The number of ether oxygens (including phenoxy) is 1. The van der Waals surface area contributed by atoms with Gasteiger partial charge in [-0.25, -0.2) is 10.4 Å². The third-order valence-electron chi connectivity index (χ3n) is 5.67. The van der Waals surface area contributed by atoms with E-state index in [0.717, 1.165) is 33.3 Å². The molecule has 0 fully saturated rings. The molecule has 0 atom stereocenters. The molecular formula is C30H21Cl2N3O2. The number of halogens is 2. The second kappa shape index (κ2) is 11.2. The molecule has 0 spiro atoms. The molecular weight excluding hydrogens is 505 g/mol. The monoisotopic (exact) mass is 525 g/mol. The van der Waals surface area contributed by atoms with Gasteiger partial charge in [-0.05, 0) is 65.7 Å². The molecule has 37 heavy (non-hydrogen) atoms. The molecule has 1 aromatic heterocycles. The highest BCUT2D eigenvalue weighted by molar-refractivity contribution is 6.33. The first-order valence-electron chi connectivity index (χ1n) is 11.5. The van der Waals surface area contributed by atoms with E-state index in [-0.39, 0.29) is 12.5 Å². The molecule has 5 nitrogen and oxygen atoms in total. The van der Waals surface area contributed by atoms with Crippen LogP contribution in [-0.2, 0) is 4.79 Å². The predicted molar refractivity (Wildman–Crippen MR) is 150 cm³/mol. The highest BCUT2D eigenvalue weighted by atomic mass is 35.5. The predicted octanol–water partition coefficient (Wildman–Crippen LogP) is 7.40. The Morgan fingerprint density at radius 3 is 2.41 bits per heavy atom. The molecule has 0 saturated carbocycles. The van der Waals surface area contributed by atoms with Gasteiger partial charge in [0.05, 0.1) is 17.4 Å². The SMILES string of the molecule is O=C(COc1ccc(-c2cc(-c3ccccc3)c3cc(Cl)ccc3n2)cc1)N/N=C\c1ccccc1Cl. The number of rotatable bonds is 7. The van der Waals surface area contributed by atoms with E-state index >= 15 is 0 Å². The number of hydrogen-bond acceptors (Lipinski definition) is 4. The second-order valence-electron chi connectivity index (χ2n) is 8.21. The lowest BCUT2D eigenvalue weighted by atomic mass is 9.98. The molecule has 0 aliphatic heterocycles. The number of carbonyl (C=O) groups excluding carboxylic acids is 1. The number of hydrazone groups is 1. The number of pyridine rings is 1. The van der Waals surface area contributed by atoms with Crippen LogP contribution in [0.15, 0.2) is 108 Å². The van der Waals surface area contributed by atoms with Crippen molar-refractivity contribution in [1.29, 1.82) is 0 Å². The molecule has 0 aliphatic carbocycles. The van der Waals surface area contributed by atoms with E-state index in [1.807, 2.05) is 72.8 Å². The molecule has 5 rings (SSSR count). The maximum absolute atomic E-state index is 12.1. The van der Waals surface area contributed by atoms with Gasteiger partial charge in [0.1, 0.15) is 5.75 Å². The van der Waals surface area contributed by atoms with Crippen molar-refractivity contribution in [2.24, 2.45) is 5.10 Å². The molecule has 0 aliphatic rings. The quantitative estimate of drug-likeness (QED) is 0.178. The van der Waals surface area contributed by atoms with Crippen LogP contribution in [0.4, 0.5) is 0 Å². The molecule has 1 amide bonds. The summed E-state index contributed by atoms with van der Waals surface area (Å²) in [6, 6.07) is 32.6. The Morgan fingerprint density at radius 1 is 0.865 bits per heavy atom. The Hall–Kier alpha value is -4.19. The van der Waals surface area contributed by atoms with Crippen molar-refractivity contribution in [1.82, 2.24) is 10.4 Å². The van der Waals surface area contributed by atoms with Gasteiger partial charge >= 0.3 is 0 Å². The summed E-state index contributed by atoms with van der Waals surface area (Å²) in [5.41, 5.74) is 7.89. The zero-order valence-electron chi connectivity index (χ0n) is 19.6. The van der Waals surface area contributed by atoms with Crippen molar-refractivity contribution < 1.29 is 9.53 Å². The van der Waals surface area contributed by atoms with E-state index in [0.29, 0.717) is 21.4 Å². The fourth-order valence-electron chi connectivity index (χ4n) is 3.86. The minimum absolute atomic E-state index is 0.174. The van der Waals surface area contributed by atoms with E-state index < -0.39 is 0 Å². The normalized spacial score (nSPS) is 11.1. The third kappa shape index (κ3) is 5.97. The van der Waals surface area contributed by atoms with Crippen molar-refractivity contribution in [2.75, 3.05) is 6.61 Å². The largest absolute Gasteiger partial charge is 0.484 e. The molecule has 5 aromatic rings. The second-order valence-corrected chi connectivity index (χ2v) is 9.05. The molecule has 0 saturated heterocycles. The summed E-state index contributed by atoms with van der Waals surface area (Å²) in [6.45, 7) is -0.174. The first kappa shape index (κ1) is 24.5. The standard InChI is InChI=1S/C30H21Cl2N3O2/c31-23-12-15-28-26(16-23)25(20-6-2-1-3-7-20)17-29(34-28)21-10-13-24(14-11-21)37-19-30(36)35-33-18-22-8-4-5-9-27(22)32/h1-18H,19H2,(H,35,36)/b33-18-. The average Bonchev–Trinajstić information content (AvgIpc) is 2.93. The number of carbonyl (C=O) groups is 1. The number of fused-ring (bicyclic) bond motifs is 1. The fraction of sp³-hybridized carbons (Fsp3) is 0.0333. The Bertz CT molecular complexity index is 1590. The first-order chi connectivity index (χ1) is 18.1. The highest BCUT2D eigenvalue weighted by Crippen LogP contribution is 2.33. The number of amides is 1. The Balaban J connectivity index is 1.29. The minimum atomic E-state index is -0.380. The molecule has 7 heteroatoms. The number of benzene rings is 4. The van der Waals surface area contributed by atoms with Gasteiger partial charge in [0.15, 0.2) is 6.61 Å². The smallest absolute Gasteiger partial charge is 0.277 e. The van der Waals surface area contributed by atoms with Gasteiger partial charge in [0, 0.05) is 26.6 Å². The Labute approximate surface area is 224 Å². The van der Waals surface area contributed by atoms with Crippen LogP contribution in [0, 0.1) is 0 Å². The van der Waals surface area contributed by atoms with Gasteiger partial charge in [-0.15, -0.1) is 0 Å². The van der Waals surface area contributed by atoms with Gasteiger partial charge in [0.2, 0.25) is 0 Å². The van der Waals surface area contributed by atoms with Crippen LogP contribution < -0.4 is 10.2 Å². The maximum atomic E-state index is 12.1. The highest BCUT2D eigenvalue weighted by Gasteiger charge is 2.11. The lowest BCUT2D eigenvalue weighted by molar-refractivity contribution is -0.123. The lowest BCUT2D eigenvalue weighted by Crippen LogP contribution is -2.24. The van der Waals surface area contributed by atoms with Crippen LogP contribution >= 0.6 is 23.2 Å². The van der Waals surface area contributed by atoms with Gasteiger partial charge in [-0.3, -0.25) is 4.79 Å². The minimum Gasteiger partial charge on any atom is -0.484 e. The molecule has 182 valence electrons. The van der Waals surface area contributed by atoms with E-state index in [1.54, 1.807) is 12.1 Å². The van der Waals surface area contributed by atoms with Gasteiger partial charge in [-0.1, -0.05) is 71.7 Å². The van der Waals surface area contributed by atoms with Crippen molar-refractivity contribution >= 4 is 46.2 Å². The third-order valence-corrected chi connectivity index (χ3v) is 6.25. The van der Waals surface area contributed by atoms with Crippen LogP contribution in [-0.4, -0.2) is 23.7 Å². The molecule has 0 unspecified atom stereocenters. The van der Waals surface area contributed by atoms with Crippen molar-refractivity contribution in [3.8, 4) is 28.1 Å². The van der Waals surface area contributed by atoms with Crippen LogP contribution in [0.1, 0.15) is 5.56 Å². The number of nitrogens with zero attached hydrogens (tertiary/aromatic N) is 2. The van der Waals surface area contributed by atoms with E-state index in [4.69, 9.17) is 32.9 Å². The summed E-state index contributed by atoms with van der Waals surface area (Å²) in [5, 5.41) is 6.14. The maximum Gasteiger partial charge on any atom is 0.277 e. The first-order valence-corrected chi connectivity index (χ1v) is 12.3. The van der Waals surface area contributed by atoms with Crippen LogP contribution in [0.5, 0.6) is 5.75 Å². The summed E-state index contributed by atoms with van der Waals surface area (Å²) < 4.78 is 5.61. The summed E-state index contributed by atoms with van der Waals surface area (Å²) >= 11 is 12.4. The zero-order valence-corrected chi connectivity index (χ0v) is 21.1. The summed E-state index contributed by atoms with van der Waals surface area (Å²) in [6.07, 6.45) is 1.49. The summed E-state index contributed by atoms with van der Waals surface area (Å²) in [4.78, 5) is 17.0. The summed E-state index contributed by atoms with van der Waals surface area (Å²) in [7, 11) is 0. The van der Waals surface area contributed by atoms with Crippen molar-refractivity contribution in [2.45, 2.75) is 0 Å². The van der Waals surface area contributed by atoms with Crippen molar-refractivity contribution in [3.05, 3.63) is 119 Å². The van der Waals surface area contributed by atoms with Crippen LogP contribution in [0.3, 0.4) is 0 Å². The molecule has 0 radical (unpaired) electrons. The molecule has 1 heterocycles. The topological polar surface area (TPSA) is 63.6 Å². The van der Waals surface area contributed by atoms with Crippen molar-refractivity contribution in [3.63, 3.8) is 0 Å². The molecule has 0 bridgehead atoms. The van der Waals surface area contributed by atoms with Gasteiger partial charge < -0.3 is 4.74 Å². The molecule has 4 aromatic carbocycles. The van der Waals surface area contributed by atoms with E-state index in [2.05, 4.69) is 28.7 Å². The lowest BCUT2D eigenvalue weighted by Gasteiger charge is -2.11. The Morgan fingerprint density at radius 2 is 1.62 bits per heavy atom. The number of nitrogens with one attached hydrogen (secondary N) is 1. The van der Waals surface area contributed by atoms with E-state index in [1.165, 1.54) is 6.21 Å². The zero-order chi connectivity index (χ0) is 25.6. The van der Waals surface area contributed by atoms with Gasteiger partial charge in [-0.2, -0.15) is 5.10 Å².